The van der Waals surface area contributed by atoms with Gasteiger partial charge in [-0.15, -0.1) is 0 Å². The van der Waals surface area contributed by atoms with Crippen LogP contribution in [0.15, 0.2) is 18.2 Å². The van der Waals surface area contributed by atoms with Gasteiger partial charge >= 0.3 is 6.09 Å². The first-order chi connectivity index (χ1) is 10.0. The van der Waals surface area contributed by atoms with E-state index in [0.29, 0.717) is 43.4 Å². The lowest BCUT2D eigenvalue weighted by Gasteiger charge is -2.34. The van der Waals surface area contributed by atoms with E-state index in [-0.39, 0.29) is 12.0 Å². The zero-order chi connectivity index (χ0) is 15.4. The van der Waals surface area contributed by atoms with Gasteiger partial charge in [0, 0.05) is 35.3 Å². The largest absolute Gasteiger partial charge is 0.450 e. The quantitative estimate of drug-likeness (QED) is 0.689. The molecule has 1 aromatic carbocycles. The molecule has 21 heavy (non-hydrogen) atoms. The molecule has 1 heterocycles. The molecule has 2 rings (SSSR count). The molecule has 0 bridgehead atoms. The van der Waals surface area contributed by atoms with Crippen LogP contribution in [-0.2, 0) is 4.74 Å². The first-order valence-electron chi connectivity index (χ1n) is 6.69. The van der Waals surface area contributed by atoms with Gasteiger partial charge in [0.2, 0.25) is 0 Å². The summed E-state index contributed by atoms with van der Waals surface area (Å²) in [6.45, 7) is 4.15. The van der Waals surface area contributed by atoms with Gasteiger partial charge in [-0.2, -0.15) is 0 Å². The number of halogens is 2. The zero-order valence-corrected chi connectivity index (χ0v) is 14.6. The molecule has 0 aromatic heterocycles. The van der Waals surface area contributed by atoms with E-state index in [1.165, 1.54) is 0 Å². The van der Waals surface area contributed by atoms with Crippen LogP contribution in [-0.4, -0.2) is 54.6 Å². The van der Waals surface area contributed by atoms with Gasteiger partial charge in [0.05, 0.1) is 11.6 Å². The molecule has 7 heteroatoms. The molecular weight excluding hydrogens is 407 g/mol. The molecule has 1 aliphatic rings. The minimum absolute atomic E-state index is 0.0342. The van der Waals surface area contributed by atoms with E-state index >= 15 is 0 Å². The van der Waals surface area contributed by atoms with Crippen LogP contribution in [0, 0.1) is 3.57 Å². The fourth-order valence-electron chi connectivity index (χ4n) is 2.12. The average molecular weight is 423 g/mol. The standard InChI is InChI=1S/C14H16ClIN2O3/c1-2-21-14(20)18-7-5-17(6-8-18)13(19)10-3-4-11(15)12(16)9-10/h3-4,9H,2,5-8H2,1H3. The maximum absolute atomic E-state index is 12.4. The molecule has 0 atom stereocenters. The Kier molecular flexibility index (Phi) is 5.69. The second-order valence-corrected chi connectivity index (χ2v) is 6.18. The van der Waals surface area contributed by atoms with Gasteiger partial charge in [-0.1, -0.05) is 11.6 Å². The maximum atomic E-state index is 12.4. The van der Waals surface area contributed by atoms with Crippen molar-refractivity contribution in [1.29, 1.82) is 0 Å². The SMILES string of the molecule is CCOC(=O)N1CCN(C(=O)c2ccc(Cl)c(I)c2)CC1. The minimum atomic E-state index is -0.314. The molecule has 1 fully saturated rings. The van der Waals surface area contributed by atoms with Crippen molar-refractivity contribution in [2.75, 3.05) is 32.8 Å². The molecule has 0 saturated carbocycles. The Labute approximate surface area is 142 Å². The summed E-state index contributed by atoms with van der Waals surface area (Å²) >= 11 is 8.07. The van der Waals surface area contributed by atoms with Crippen molar-refractivity contribution in [3.05, 3.63) is 32.4 Å². The van der Waals surface area contributed by atoms with Crippen molar-refractivity contribution in [2.24, 2.45) is 0 Å². The smallest absolute Gasteiger partial charge is 0.409 e. The molecule has 1 saturated heterocycles. The van der Waals surface area contributed by atoms with Crippen molar-refractivity contribution < 1.29 is 14.3 Å². The summed E-state index contributed by atoms with van der Waals surface area (Å²) in [6, 6.07) is 5.24. The fourth-order valence-corrected chi connectivity index (χ4v) is 2.75. The number of hydrogen-bond donors (Lipinski definition) is 0. The molecular formula is C14H16ClIN2O3. The van der Waals surface area contributed by atoms with Crippen LogP contribution in [0.3, 0.4) is 0 Å². The first-order valence-corrected chi connectivity index (χ1v) is 8.14. The molecule has 114 valence electrons. The average Bonchev–Trinajstić information content (AvgIpc) is 2.50. The number of ether oxygens (including phenoxy) is 1. The Hall–Kier alpha value is -1.02. The summed E-state index contributed by atoms with van der Waals surface area (Å²) in [6.07, 6.45) is -0.314. The number of amides is 2. The van der Waals surface area contributed by atoms with Crippen LogP contribution < -0.4 is 0 Å². The summed E-state index contributed by atoms with van der Waals surface area (Å²) in [5.74, 6) is -0.0342. The van der Waals surface area contributed by atoms with Crippen molar-refractivity contribution in [3.63, 3.8) is 0 Å². The molecule has 0 radical (unpaired) electrons. The highest BCUT2D eigenvalue weighted by molar-refractivity contribution is 14.1. The lowest BCUT2D eigenvalue weighted by atomic mass is 10.2. The molecule has 2 amide bonds. The van der Waals surface area contributed by atoms with Gasteiger partial charge in [0.15, 0.2) is 0 Å². The lowest BCUT2D eigenvalue weighted by Crippen LogP contribution is -2.50. The van der Waals surface area contributed by atoms with E-state index in [1.54, 1.807) is 34.9 Å². The molecule has 0 unspecified atom stereocenters. The number of carbonyl (C=O) groups is 2. The van der Waals surface area contributed by atoms with Crippen LogP contribution in [0.1, 0.15) is 17.3 Å². The molecule has 0 aliphatic carbocycles. The summed E-state index contributed by atoms with van der Waals surface area (Å²) in [4.78, 5) is 27.4. The van der Waals surface area contributed by atoms with E-state index < -0.39 is 0 Å². The Morgan fingerprint density at radius 1 is 1.24 bits per heavy atom. The lowest BCUT2D eigenvalue weighted by molar-refractivity contribution is 0.0570. The first kappa shape index (κ1) is 16.4. The van der Waals surface area contributed by atoms with Crippen molar-refractivity contribution in [2.45, 2.75) is 6.92 Å². The third-order valence-electron chi connectivity index (χ3n) is 3.26. The number of nitrogens with zero attached hydrogens (tertiary/aromatic N) is 2. The molecule has 1 aromatic rings. The highest BCUT2D eigenvalue weighted by atomic mass is 127. The number of hydrogen-bond acceptors (Lipinski definition) is 3. The number of rotatable bonds is 2. The second kappa shape index (κ2) is 7.31. The summed E-state index contributed by atoms with van der Waals surface area (Å²) in [5, 5.41) is 0.638. The van der Waals surface area contributed by atoms with Gasteiger partial charge in [-0.05, 0) is 47.7 Å². The Balaban J connectivity index is 1.97. The Bertz CT molecular complexity index is 545. The van der Waals surface area contributed by atoms with Crippen molar-refractivity contribution in [3.8, 4) is 0 Å². The summed E-state index contributed by atoms with van der Waals surface area (Å²) in [5.41, 5.74) is 0.619. The Morgan fingerprint density at radius 3 is 2.43 bits per heavy atom. The van der Waals surface area contributed by atoms with E-state index in [9.17, 15) is 9.59 Å². The van der Waals surface area contributed by atoms with Crippen LogP contribution in [0.5, 0.6) is 0 Å². The predicted molar refractivity (Wildman–Crippen MR) is 88.7 cm³/mol. The van der Waals surface area contributed by atoms with Crippen molar-refractivity contribution in [1.82, 2.24) is 9.80 Å². The highest BCUT2D eigenvalue weighted by Gasteiger charge is 2.25. The van der Waals surface area contributed by atoms with Crippen molar-refractivity contribution >= 4 is 46.2 Å². The van der Waals surface area contributed by atoms with Gasteiger partial charge < -0.3 is 14.5 Å². The minimum Gasteiger partial charge on any atom is -0.450 e. The van der Waals surface area contributed by atoms with E-state index in [4.69, 9.17) is 16.3 Å². The van der Waals surface area contributed by atoms with Gasteiger partial charge in [0.1, 0.15) is 0 Å². The highest BCUT2D eigenvalue weighted by Crippen LogP contribution is 2.20. The van der Waals surface area contributed by atoms with E-state index in [1.807, 2.05) is 0 Å². The van der Waals surface area contributed by atoms with Crippen LogP contribution in [0.2, 0.25) is 5.02 Å². The summed E-state index contributed by atoms with van der Waals surface area (Å²) < 4.78 is 5.81. The van der Waals surface area contributed by atoms with E-state index in [0.717, 1.165) is 3.57 Å². The topological polar surface area (TPSA) is 49.9 Å². The number of benzene rings is 1. The maximum Gasteiger partial charge on any atom is 0.409 e. The molecule has 5 nitrogen and oxygen atoms in total. The third-order valence-corrected chi connectivity index (χ3v) is 4.80. The number of piperazine rings is 1. The monoisotopic (exact) mass is 422 g/mol. The van der Waals surface area contributed by atoms with Gasteiger partial charge in [-0.25, -0.2) is 4.79 Å². The Morgan fingerprint density at radius 2 is 1.86 bits per heavy atom. The molecule has 1 aliphatic heterocycles. The zero-order valence-electron chi connectivity index (χ0n) is 11.6. The normalized spacial score (nSPS) is 15.0. The molecule has 0 spiro atoms. The second-order valence-electron chi connectivity index (χ2n) is 4.61. The third kappa shape index (κ3) is 4.00. The summed E-state index contributed by atoms with van der Waals surface area (Å²) in [7, 11) is 0. The molecule has 0 N–H and O–H groups in total. The van der Waals surface area contributed by atoms with Gasteiger partial charge in [-0.3, -0.25) is 4.79 Å². The fraction of sp³-hybridized carbons (Fsp3) is 0.429. The van der Waals surface area contributed by atoms with E-state index in [2.05, 4.69) is 22.6 Å². The van der Waals surface area contributed by atoms with Gasteiger partial charge in [0.25, 0.3) is 5.91 Å². The predicted octanol–water partition coefficient (Wildman–Crippen LogP) is 2.86. The van der Waals surface area contributed by atoms with Crippen LogP contribution in [0.25, 0.3) is 0 Å². The number of carbonyl (C=O) groups excluding carboxylic acids is 2. The van der Waals surface area contributed by atoms with Crippen LogP contribution >= 0.6 is 34.2 Å². The van der Waals surface area contributed by atoms with Crippen LogP contribution in [0.4, 0.5) is 4.79 Å².